The predicted molar refractivity (Wildman–Crippen MR) is 58.3 cm³/mol. The van der Waals surface area contributed by atoms with E-state index in [9.17, 15) is 9.90 Å². The number of carbonyl (C=O) groups is 1. The minimum absolute atomic E-state index is 0.490. The average Bonchev–Trinajstić information content (AvgIpc) is 2.21. The molecule has 0 aromatic carbocycles. The highest BCUT2D eigenvalue weighted by molar-refractivity contribution is 5.55. The number of carbonyl (C=O) groups excluding carboxylic acids is 1. The molecule has 14 heavy (non-hydrogen) atoms. The predicted octanol–water partition coefficient (Wildman–Crippen LogP) is 1.45. The smallest absolute Gasteiger partial charge is 0.149 e. The minimum Gasteiger partial charge on any atom is -0.384 e. The fraction of sp³-hybridized carbons (Fsp3) is 0.909. The van der Waals surface area contributed by atoms with Crippen molar-refractivity contribution in [2.24, 2.45) is 0 Å². The lowest BCUT2D eigenvalue weighted by Crippen LogP contribution is -2.34. The Bertz CT molecular complexity index is 131. The highest BCUT2D eigenvalue weighted by Crippen LogP contribution is 2.00. The van der Waals surface area contributed by atoms with Crippen molar-refractivity contribution in [3.8, 4) is 0 Å². The van der Waals surface area contributed by atoms with Crippen molar-refractivity contribution >= 4 is 6.29 Å². The van der Waals surface area contributed by atoms with Gasteiger partial charge in [-0.3, -0.25) is 0 Å². The molecule has 0 heterocycles. The van der Waals surface area contributed by atoms with Crippen LogP contribution in [-0.2, 0) is 4.79 Å². The second kappa shape index (κ2) is 9.16. The second-order valence-electron chi connectivity index (χ2n) is 3.71. The molecule has 0 radical (unpaired) electrons. The van der Waals surface area contributed by atoms with Gasteiger partial charge in [0.05, 0.1) is 0 Å². The van der Waals surface area contributed by atoms with E-state index in [1.54, 1.807) is 0 Å². The zero-order valence-corrected chi connectivity index (χ0v) is 9.41. The molecule has 3 nitrogen and oxygen atoms in total. The summed E-state index contributed by atoms with van der Waals surface area (Å²) in [5, 5.41) is 9.22. The summed E-state index contributed by atoms with van der Waals surface area (Å²) in [6, 6.07) is 0. The number of aldehydes is 1. The van der Waals surface area contributed by atoms with Crippen LogP contribution in [0.15, 0.2) is 0 Å². The summed E-state index contributed by atoms with van der Waals surface area (Å²) >= 11 is 0. The maximum atomic E-state index is 10.3. The molecule has 0 unspecified atom stereocenters. The Labute approximate surface area is 87.1 Å². The van der Waals surface area contributed by atoms with Gasteiger partial charge < -0.3 is 14.8 Å². The van der Waals surface area contributed by atoms with Gasteiger partial charge in [0, 0.05) is 6.54 Å². The molecule has 0 aromatic heterocycles. The first-order valence-corrected chi connectivity index (χ1v) is 5.60. The molecule has 0 saturated heterocycles. The molecule has 0 fully saturated rings. The average molecular weight is 201 g/mol. The zero-order chi connectivity index (χ0) is 10.8. The Hall–Kier alpha value is -0.410. The molecule has 0 aliphatic rings. The number of nitrogens with zero attached hydrogens (tertiary/aromatic N) is 1. The van der Waals surface area contributed by atoms with Crippen molar-refractivity contribution in [2.45, 2.75) is 45.6 Å². The van der Waals surface area contributed by atoms with Crippen LogP contribution in [-0.4, -0.2) is 42.0 Å². The van der Waals surface area contributed by atoms with Gasteiger partial charge in [0.25, 0.3) is 0 Å². The quantitative estimate of drug-likeness (QED) is 0.574. The summed E-state index contributed by atoms with van der Waals surface area (Å²) in [5.74, 6) is 0. The van der Waals surface area contributed by atoms with Crippen LogP contribution in [0, 0.1) is 0 Å². The lowest BCUT2D eigenvalue weighted by atomic mass is 10.2. The standard InChI is InChI=1S/C11H23NO2/c1-3-5-7-12(8-6-4-2)9-11(14)10-13/h10-11,14H,3-9H2,1-2H3/t11-/m1/s1. The van der Waals surface area contributed by atoms with Crippen molar-refractivity contribution < 1.29 is 9.90 Å². The first-order chi connectivity index (χ1) is 6.74. The van der Waals surface area contributed by atoms with Crippen LogP contribution >= 0.6 is 0 Å². The maximum absolute atomic E-state index is 10.3. The van der Waals surface area contributed by atoms with Gasteiger partial charge in [0.15, 0.2) is 0 Å². The lowest BCUT2D eigenvalue weighted by Gasteiger charge is -2.22. The number of hydrogen-bond donors (Lipinski definition) is 1. The molecule has 0 amide bonds. The van der Waals surface area contributed by atoms with Crippen LogP contribution in [0.25, 0.3) is 0 Å². The van der Waals surface area contributed by atoms with Crippen molar-refractivity contribution in [3.63, 3.8) is 0 Å². The molecule has 0 saturated carbocycles. The van der Waals surface area contributed by atoms with Crippen LogP contribution in [0.5, 0.6) is 0 Å². The van der Waals surface area contributed by atoms with E-state index in [0.29, 0.717) is 12.8 Å². The van der Waals surface area contributed by atoms with Crippen LogP contribution in [0.2, 0.25) is 0 Å². The van der Waals surface area contributed by atoms with E-state index < -0.39 is 6.10 Å². The van der Waals surface area contributed by atoms with Gasteiger partial charge in [-0.25, -0.2) is 0 Å². The molecule has 0 rings (SSSR count). The molecule has 0 aliphatic carbocycles. The third-order valence-electron chi connectivity index (χ3n) is 2.26. The molecule has 0 aliphatic heterocycles. The summed E-state index contributed by atoms with van der Waals surface area (Å²) in [5.41, 5.74) is 0. The van der Waals surface area contributed by atoms with E-state index in [1.807, 2.05) is 0 Å². The summed E-state index contributed by atoms with van der Waals surface area (Å²) in [7, 11) is 0. The molecule has 3 heteroatoms. The molecule has 1 atom stereocenters. The van der Waals surface area contributed by atoms with Gasteiger partial charge in [-0.1, -0.05) is 26.7 Å². The number of rotatable bonds is 9. The van der Waals surface area contributed by atoms with Gasteiger partial charge in [-0.2, -0.15) is 0 Å². The Morgan fingerprint density at radius 2 is 1.71 bits per heavy atom. The largest absolute Gasteiger partial charge is 0.384 e. The van der Waals surface area contributed by atoms with E-state index in [-0.39, 0.29) is 0 Å². The van der Waals surface area contributed by atoms with Crippen molar-refractivity contribution in [2.75, 3.05) is 19.6 Å². The molecule has 1 N–H and O–H groups in total. The van der Waals surface area contributed by atoms with Crippen molar-refractivity contribution in [3.05, 3.63) is 0 Å². The van der Waals surface area contributed by atoms with Crippen LogP contribution < -0.4 is 0 Å². The van der Waals surface area contributed by atoms with Gasteiger partial charge in [-0.15, -0.1) is 0 Å². The van der Waals surface area contributed by atoms with Crippen LogP contribution in [0.1, 0.15) is 39.5 Å². The third-order valence-corrected chi connectivity index (χ3v) is 2.26. The number of unbranched alkanes of at least 4 members (excludes halogenated alkanes) is 2. The van der Waals surface area contributed by atoms with Gasteiger partial charge >= 0.3 is 0 Å². The Morgan fingerprint density at radius 3 is 2.07 bits per heavy atom. The normalized spacial score (nSPS) is 13.1. The Kier molecular flexibility index (Phi) is 8.89. The summed E-state index contributed by atoms with van der Waals surface area (Å²) < 4.78 is 0. The topological polar surface area (TPSA) is 40.5 Å². The minimum atomic E-state index is -0.816. The fourth-order valence-corrected chi connectivity index (χ4v) is 1.37. The van der Waals surface area contributed by atoms with Gasteiger partial charge in [-0.05, 0) is 25.9 Å². The van der Waals surface area contributed by atoms with E-state index in [0.717, 1.165) is 38.8 Å². The number of hydrogen-bond acceptors (Lipinski definition) is 3. The summed E-state index contributed by atoms with van der Waals surface area (Å²) in [4.78, 5) is 12.5. The third kappa shape index (κ3) is 7.04. The summed E-state index contributed by atoms with van der Waals surface area (Å²) in [6.07, 6.45) is 4.37. The molecular formula is C11H23NO2. The summed E-state index contributed by atoms with van der Waals surface area (Å²) in [6.45, 7) is 6.76. The number of aliphatic hydroxyl groups excluding tert-OH is 1. The van der Waals surface area contributed by atoms with E-state index in [1.165, 1.54) is 0 Å². The number of aliphatic hydroxyl groups is 1. The molecule has 0 bridgehead atoms. The van der Waals surface area contributed by atoms with E-state index in [4.69, 9.17) is 0 Å². The molecule has 84 valence electrons. The van der Waals surface area contributed by atoms with Crippen molar-refractivity contribution in [1.29, 1.82) is 0 Å². The van der Waals surface area contributed by atoms with Gasteiger partial charge in [0.2, 0.25) is 0 Å². The molecular weight excluding hydrogens is 178 g/mol. The van der Waals surface area contributed by atoms with Crippen LogP contribution in [0.4, 0.5) is 0 Å². The SMILES string of the molecule is CCCCN(CCCC)C[C@@H](O)C=O. The van der Waals surface area contributed by atoms with Crippen molar-refractivity contribution in [1.82, 2.24) is 4.90 Å². The van der Waals surface area contributed by atoms with Crippen LogP contribution in [0.3, 0.4) is 0 Å². The fourth-order valence-electron chi connectivity index (χ4n) is 1.37. The van der Waals surface area contributed by atoms with E-state index in [2.05, 4.69) is 18.7 Å². The molecule has 0 spiro atoms. The zero-order valence-electron chi connectivity index (χ0n) is 9.41. The first-order valence-electron chi connectivity index (χ1n) is 5.60. The second-order valence-corrected chi connectivity index (χ2v) is 3.71. The highest BCUT2D eigenvalue weighted by Gasteiger charge is 2.09. The molecule has 0 aromatic rings. The van der Waals surface area contributed by atoms with Gasteiger partial charge in [0.1, 0.15) is 12.4 Å². The lowest BCUT2D eigenvalue weighted by molar-refractivity contribution is -0.115. The Morgan fingerprint density at radius 1 is 1.21 bits per heavy atom. The maximum Gasteiger partial charge on any atom is 0.149 e. The first kappa shape index (κ1) is 13.6. The highest BCUT2D eigenvalue weighted by atomic mass is 16.3. The Balaban J connectivity index is 3.76. The van der Waals surface area contributed by atoms with E-state index >= 15 is 0 Å². The monoisotopic (exact) mass is 201 g/mol.